The van der Waals surface area contributed by atoms with E-state index in [0.29, 0.717) is 42.7 Å². The molecular weight excluding hydrogens is 420 g/mol. The van der Waals surface area contributed by atoms with Gasteiger partial charge in [0.1, 0.15) is 5.41 Å². The molecule has 1 aliphatic heterocycles. The van der Waals surface area contributed by atoms with E-state index in [0.717, 1.165) is 19.6 Å². The van der Waals surface area contributed by atoms with Crippen LogP contribution in [0.2, 0.25) is 0 Å². The Morgan fingerprint density at radius 3 is 2.67 bits per heavy atom. The van der Waals surface area contributed by atoms with Gasteiger partial charge in [-0.3, -0.25) is 9.69 Å². The zero-order valence-electron chi connectivity index (χ0n) is 19.8. The number of anilines is 1. The molecule has 0 bridgehead atoms. The van der Waals surface area contributed by atoms with Crippen LogP contribution < -0.4 is 5.32 Å². The molecule has 0 spiro atoms. The Hall–Kier alpha value is -2.55. The zero-order chi connectivity index (χ0) is 23.3. The van der Waals surface area contributed by atoms with Crippen molar-refractivity contribution < 1.29 is 19.0 Å². The number of carbonyl (C=O) groups excluding carboxylic acids is 1. The molecule has 1 aromatic heterocycles. The van der Waals surface area contributed by atoms with E-state index in [1.54, 1.807) is 20.4 Å². The number of ether oxygens (including phenoxy) is 3. The van der Waals surface area contributed by atoms with Gasteiger partial charge in [0.05, 0.1) is 12.3 Å². The molecule has 1 aliphatic carbocycles. The van der Waals surface area contributed by atoms with Gasteiger partial charge in [0.2, 0.25) is 5.95 Å². The van der Waals surface area contributed by atoms with Gasteiger partial charge in [0.15, 0.2) is 6.29 Å². The first-order valence-electron chi connectivity index (χ1n) is 11.7. The van der Waals surface area contributed by atoms with Crippen molar-refractivity contribution in [3.63, 3.8) is 0 Å². The summed E-state index contributed by atoms with van der Waals surface area (Å²) in [5.41, 5.74) is 1.57. The average molecular weight is 455 g/mol. The number of nitrogens with zero attached hydrogens (tertiary/aromatic N) is 3. The van der Waals surface area contributed by atoms with Crippen molar-refractivity contribution in [1.82, 2.24) is 14.9 Å². The predicted molar refractivity (Wildman–Crippen MR) is 125 cm³/mol. The van der Waals surface area contributed by atoms with Crippen molar-refractivity contribution in [2.24, 2.45) is 5.92 Å². The van der Waals surface area contributed by atoms with Crippen LogP contribution >= 0.6 is 0 Å². The van der Waals surface area contributed by atoms with Gasteiger partial charge in [-0.15, -0.1) is 0 Å². The molecule has 2 fully saturated rings. The summed E-state index contributed by atoms with van der Waals surface area (Å²) < 4.78 is 16.7. The van der Waals surface area contributed by atoms with E-state index < -0.39 is 11.7 Å². The molecule has 1 saturated heterocycles. The summed E-state index contributed by atoms with van der Waals surface area (Å²) in [5.74, 6) is 0.936. The number of nitrogens with one attached hydrogen (secondary N) is 1. The number of esters is 1. The topological polar surface area (TPSA) is 85.8 Å². The van der Waals surface area contributed by atoms with Crippen LogP contribution in [0.3, 0.4) is 0 Å². The smallest absolute Gasteiger partial charge is 0.319 e. The summed E-state index contributed by atoms with van der Waals surface area (Å²) in [5, 5.41) is 3.34. The SMILES string of the molecule is CCOC(=O)C1(c2nc(NCC3CC3)ncc2C(OC)OC)CCN(Cc2ccccc2)C1. The fourth-order valence-corrected chi connectivity index (χ4v) is 4.53. The van der Waals surface area contributed by atoms with Crippen molar-refractivity contribution in [2.75, 3.05) is 45.8 Å². The highest BCUT2D eigenvalue weighted by Gasteiger charge is 2.50. The van der Waals surface area contributed by atoms with Crippen LogP contribution in [0.5, 0.6) is 0 Å². The maximum Gasteiger partial charge on any atom is 0.319 e. The number of hydrogen-bond acceptors (Lipinski definition) is 8. The second-order valence-electron chi connectivity index (χ2n) is 8.87. The lowest BCUT2D eigenvalue weighted by molar-refractivity contribution is -0.150. The normalized spacial score (nSPS) is 20.8. The molecule has 1 N–H and O–H groups in total. The first kappa shape index (κ1) is 23.6. The van der Waals surface area contributed by atoms with Crippen LogP contribution in [0.15, 0.2) is 36.5 Å². The Labute approximate surface area is 195 Å². The summed E-state index contributed by atoms with van der Waals surface area (Å²) in [6, 6.07) is 10.3. The Morgan fingerprint density at radius 1 is 1.24 bits per heavy atom. The highest BCUT2D eigenvalue weighted by molar-refractivity contribution is 5.84. The molecule has 1 unspecified atom stereocenters. The van der Waals surface area contributed by atoms with Gasteiger partial charge in [-0.05, 0) is 37.7 Å². The second kappa shape index (κ2) is 10.6. The van der Waals surface area contributed by atoms with Gasteiger partial charge < -0.3 is 19.5 Å². The summed E-state index contributed by atoms with van der Waals surface area (Å²) >= 11 is 0. The molecular formula is C25H34N4O4. The van der Waals surface area contributed by atoms with E-state index in [1.165, 1.54) is 18.4 Å². The number of aromatic nitrogens is 2. The van der Waals surface area contributed by atoms with Gasteiger partial charge in [-0.1, -0.05) is 30.3 Å². The number of likely N-dealkylation sites (tertiary alicyclic amines) is 1. The Kier molecular flexibility index (Phi) is 7.57. The molecule has 4 rings (SSSR count). The standard InChI is InChI=1S/C25H34N4O4/c1-4-33-23(30)25(12-13-29(17-25)16-19-8-6-5-7-9-19)21-20(22(31-2)32-3)15-27-24(28-21)26-14-18-10-11-18/h5-9,15,18,22H,4,10-14,16-17H2,1-3H3,(H,26,27,28). The van der Waals surface area contributed by atoms with Gasteiger partial charge in [-0.25, -0.2) is 9.97 Å². The lowest BCUT2D eigenvalue weighted by atomic mass is 9.81. The highest BCUT2D eigenvalue weighted by Crippen LogP contribution is 2.40. The molecule has 0 amide bonds. The van der Waals surface area contributed by atoms with Crippen LogP contribution in [0.4, 0.5) is 5.95 Å². The van der Waals surface area contributed by atoms with E-state index in [-0.39, 0.29) is 5.97 Å². The molecule has 1 saturated carbocycles. The summed E-state index contributed by atoms with van der Waals surface area (Å²) in [6.45, 7) is 5.00. The fraction of sp³-hybridized carbons (Fsp3) is 0.560. The first-order valence-corrected chi connectivity index (χ1v) is 11.7. The number of hydrogen-bond donors (Lipinski definition) is 1. The Balaban J connectivity index is 1.70. The molecule has 2 heterocycles. The Bertz CT molecular complexity index is 933. The third-order valence-corrected chi connectivity index (χ3v) is 6.46. The number of benzene rings is 1. The Morgan fingerprint density at radius 2 is 2.00 bits per heavy atom. The predicted octanol–water partition coefficient (Wildman–Crippen LogP) is 3.30. The maximum absolute atomic E-state index is 13.5. The van der Waals surface area contributed by atoms with E-state index in [4.69, 9.17) is 19.2 Å². The molecule has 0 radical (unpaired) electrons. The van der Waals surface area contributed by atoms with Crippen molar-refractivity contribution in [1.29, 1.82) is 0 Å². The molecule has 178 valence electrons. The quantitative estimate of drug-likeness (QED) is 0.409. The minimum Gasteiger partial charge on any atom is -0.465 e. The molecule has 2 aromatic rings. The van der Waals surface area contributed by atoms with Gasteiger partial charge in [0, 0.05) is 52.2 Å². The van der Waals surface area contributed by atoms with Gasteiger partial charge in [-0.2, -0.15) is 0 Å². The maximum atomic E-state index is 13.5. The van der Waals surface area contributed by atoms with Crippen LogP contribution in [-0.4, -0.2) is 61.3 Å². The molecule has 1 atom stereocenters. The summed E-state index contributed by atoms with van der Waals surface area (Å²) in [7, 11) is 3.15. The number of carbonyl (C=O) groups is 1. The summed E-state index contributed by atoms with van der Waals surface area (Å²) in [4.78, 5) is 25.2. The van der Waals surface area contributed by atoms with Crippen LogP contribution in [-0.2, 0) is 31.0 Å². The lowest BCUT2D eigenvalue weighted by Gasteiger charge is -2.30. The van der Waals surface area contributed by atoms with Crippen molar-refractivity contribution >= 4 is 11.9 Å². The molecule has 1 aromatic carbocycles. The number of rotatable bonds is 11. The van der Waals surface area contributed by atoms with Crippen LogP contribution in [0, 0.1) is 5.92 Å². The van der Waals surface area contributed by atoms with Gasteiger partial charge in [0.25, 0.3) is 0 Å². The monoisotopic (exact) mass is 454 g/mol. The molecule has 2 aliphatic rings. The van der Waals surface area contributed by atoms with Crippen molar-refractivity contribution in [2.45, 2.75) is 44.4 Å². The average Bonchev–Trinajstić information content (AvgIpc) is 3.58. The molecule has 8 heteroatoms. The van der Waals surface area contributed by atoms with E-state index in [9.17, 15) is 4.79 Å². The zero-order valence-corrected chi connectivity index (χ0v) is 19.8. The fourth-order valence-electron chi connectivity index (χ4n) is 4.53. The summed E-state index contributed by atoms with van der Waals surface area (Å²) in [6.07, 6.45) is 4.11. The van der Waals surface area contributed by atoms with E-state index in [2.05, 4.69) is 27.3 Å². The first-order chi connectivity index (χ1) is 16.1. The van der Waals surface area contributed by atoms with Gasteiger partial charge >= 0.3 is 5.97 Å². The largest absolute Gasteiger partial charge is 0.465 e. The molecule has 8 nitrogen and oxygen atoms in total. The molecule has 33 heavy (non-hydrogen) atoms. The minimum atomic E-state index is -0.922. The third kappa shape index (κ3) is 5.34. The number of methoxy groups -OCH3 is 2. The minimum absolute atomic E-state index is 0.264. The second-order valence-corrected chi connectivity index (χ2v) is 8.87. The van der Waals surface area contributed by atoms with Crippen molar-refractivity contribution in [3.8, 4) is 0 Å². The highest BCUT2D eigenvalue weighted by atomic mass is 16.7. The van der Waals surface area contributed by atoms with E-state index >= 15 is 0 Å². The van der Waals surface area contributed by atoms with Crippen molar-refractivity contribution in [3.05, 3.63) is 53.3 Å². The van der Waals surface area contributed by atoms with Crippen LogP contribution in [0.1, 0.15) is 49.3 Å². The van der Waals surface area contributed by atoms with Crippen LogP contribution in [0.25, 0.3) is 0 Å². The van der Waals surface area contributed by atoms with E-state index in [1.807, 2.05) is 25.1 Å². The lowest BCUT2D eigenvalue weighted by Crippen LogP contribution is -2.42. The third-order valence-electron chi connectivity index (χ3n) is 6.46.